The van der Waals surface area contributed by atoms with Gasteiger partial charge in [-0.25, -0.2) is 4.98 Å². The fourth-order valence-corrected chi connectivity index (χ4v) is 5.82. The Labute approximate surface area is 208 Å². The third-order valence-corrected chi connectivity index (χ3v) is 7.26. The van der Waals surface area contributed by atoms with E-state index in [0.29, 0.717) is 24.3 Å². The molecule has 2 atom stereocenters. The van der Waals surface area contributed by atoms with Crippen LogP contribution in [0, 0.1) is 11.3 Å². The Morgan fingerprint density at radius 1 is 1.23 bits per heavy atom. The average Bonchev–Trinajstić information content (AvgIpc) is 3.12. The van der Waals surface area contributed by atoms with Gasteiger partial charge in [0.25, 0.3) is 0 Å². The molecule has 6 heteroatoms. The number of carboxylic acids is 1. The summed E-state index contributed by atoms with van der Waals surface area (Å²) >= 11 is 0. The number of carbonyl (C=O) groups is 1. The molecule has 0 bridgehead atoms. The molecular formula is C29H39N3O3. The molecule has 188 valence electrons. The summed E-state index contributed by atoms with van der Waals surface area (Å²) in [6, 6.07) is 12.9. The van der Waals surface area contributed by atoms with E-state index in [4.69, 9.17) is 9.72 Å². The maximum Gasteiger partial charge on any atom is 0.303 e. The minimum Gasteiger partial charge on any atom is -0.496 e. The summed E-state index contributed by atoms with van der Waals surface area (Å²) in [4.78, 5) is 16.2. The first-order valence-electron chi connectivity index (χ1n) is 12.7. The van der Waals surface area contributed by atoms with E-state index in [1.54, 1.807) is 7.11 Å². The second-order valence-electron chi connectivity index (χ2n) is 11.3. The van der Waals surface area contributed by atoms with E-state index in [2.05, 4.69) is 68.8 Å². The largest absolute Gasteiger partial charge is 0.496 e. The fourth-order valence-electron chi connectivity index (χ4n) is 5.82. The highest BCUT2D eigenvalue weighted by Gasteiger charge is 2.35. The Hall–Kier alpha value is -3.02. The molecule has 1 heterocycles. The third-order valence-electron chi connectivity index (χ3n) is 7.26. The van der Waals surface area contributed by atoms with Crippen LogP contribution < -0.4 is 10.1 Å². The molecule has 0 aliphatic heterocycles. The Morgan fingerprint density at radius 3 is 2.54 bits per heavy atom. The lowest BCUT2D eigenvalue weighted by molar-refractivity contribution is -0.136. The molecule has 0 saturated heterocycles. The van der Waals surface area contributed by atoms with Crippen molar-refractivity contribution < 1.29 is 14.6 Å². The number of rotatable bonds is 8. The molecular weight excluding hydrogens is 438 g/mol. The summed E-state index contributed by atoms with van der Waals surface area (Å²) in [6.45, 7) is 11.5. The molecule has 0 spiro atoms. The molecule has 2 aromatic carbocycles. The highest BCUT2D eigenvalue weighted by Crippen LogP contribution is 2.46. The van der Waals surface area contributed by atoms with Gasteiger partial charge in [0, 0.05) is 24.2 Å². The molecule has 0 radical (unpaired) electrons. The van der Waals surface area contributed by atoms with Gasteiger partial charge in [-0.15, -0.1) is 0 Å². The van der Waals surface area contributed by atoms with Crippen molar-refractivity contribution in [2.45, 2.75) is 78.7 Å². The monoisotopic (exact) mass is 477 g/mol. The summed E-state index contributed by atoms with van der Waals surface area (Å²) in [5.74, 6) is 1.83. The molecule has 4 rings (SSSR count). The number of aromatic nitrogens is 2. The fraction of sp³-hybridized carbons (Fsp3) is 0.517. The number of imidazole rings is 1. The van der Waals surface area contributed by atoms with E-state index >= 15 is 0 Å². The lowest BCUT2D eigenvalue weighted by Gasteiger charge is -2.40. The molecule has 1 fully saturated rings. The van der Waals surface area contributed by atoms with Crippen molar-refractivity contribution in [3.05, 3.63) is 47.5 Å². The maximum absolute atomic E-state index is 11.2. The Kier molecular flexibility index (Phi) is 7.11. The zero-order chi connectivity index (χ0) is 25.3. The molecule has 1 aliphatic carbocycles. The van der Waals surface area contributed by atoms with Crippen LogP contribution in [0.5, 0.6) is 5.75 Å². The SMILES string of the molecule is COc1cc2c(cc1CCC(=O)O)nc(Nc1ccc(C(C)C)cc1)n2[C@@H]1C[C@H](C)CC(C)(C)C1. The number of ether oxygens (including phenoxy) is 1. The van der Waals surface area contributed by atoms with Crippen molar-refractivity contribution in [1.82, 2.24) is 9.55 Å². The highest BCUT2D eigenvalue weighted by molar-refractivity contribution is 5.83. The van der Waals surface area contributed by atoms with Crippen LogP contribution in [0.3, 0.4) is 0 Å². The van der Waals surface area contributed by atoms with E-state index in [9.17, 15) is 9.90 Å². The maximum atomic E-state index is 11.2. The lowest BCUT2D eigenvalue weighted by Crippen LogP contribution is -2.29. The molecule has 35 heavy (non-hydrogen) atoms. The number of anilines is 2. The smallest absolute Gasteiger partial charge is 0.303 e. The number of nitrogens with zero attached hydrogens (tertiary/aromatic N) is 2. The van der Waals surface area contributed by atoms with Gasteiger partial charge in [-0.3, -0.25) is 4.79 Å². The van der Waals surface area contributed by atoms with Crippen molar-refractivity contribution in [2.24, 2.45) is 11.3 Å². The number of carboxylic acid groups (broad SMARTS) is 1. The topological polar surface area (TPSA) is 76.4 Å². The quantitative estimate of drug-likeness (QED) is 0.355. The van der Waals surface area contributed by atoms with Crippen LogP contribution in [0.1, 0.15) is 83.4 Å². The van der Waals surface area contributed by atoms with E-state index in [1.807, 2.05) is 12.1 Å². The van der Waals surface area contributed by atoms with Crippen LogP contribution in [0.25, 0.3) is 11.0 Å². The lowest BCUT2D eigenvalue weighted by atomic mass is 9.70. The molecule has 0 amide bonds. The summed E-state index contributed by atoms with van der Waals surface area (Å²) in [5.41, 5.74) is 5.32. The van der Waals surface area contributed by atoms with Gasteiger partial charge in [0.2, 0.25) is 5.95 Å². The van der Waals surface area contributed by atoms with Gasteiger partial charge in [-0.05, 0) is 72.3 Å². The zero-order valence-corrected chi connectivity index (χ0v) is 21.9. The van der Waals surface area contributed by atoms with Gasteiger partial charge >= 0.3 is 5.97 Å². The molecule has 1 aliphatic rings. The Bertz CT molecular complexity index is 1190. The van der Waals surface area contributed by atoms with E-state index in [0.717, 1.165) is 46.8 Å². The minimum atomic E-state index is -0.816. The van der Waals surface area contributed by atoms with Gasteiger partial charge in [-0.1, -0.05) is 46.8 Å². The van der Waals surface area contributed by atoms with Gasteiger partial charge < -0.3 is 19.7 Å². The Morgan fingerprint density at radius 2 is 1.94 bits per heavy atom. The van der Waals surface area contributed by atoms with Crippen LogP contribution in [0.2, 0.25) is 0 Å². The minimum absolute atomic E-state index is 0.0597. The normalized spacial score (nSPS) is 19.7. The summed E-state index contributed by atoms with van der Waals surface area (Å²) in [5, 5.41) is 12.8. The van der Waals surface area contributed by atoms with Crippen molar-refractivity contribution in [1.29, 1.82) is 0 Å². The van der Waals surface area contributed by atoms with E-state index in [1.165, 1.54) is 12.0 Å². The number of hydrogen-bond donors (Lipinski definition) is 2. The number of hydrogen-bond acceptors (Lipinski definition) is 4. The van der Waals surface area contributed by atoms with E-state index < -0.39 is 5.97 Å². The van der Waals surface area contributed by atoms with Crippen LogP contribution in [-0.4, -0.2) is 27.7 Å². The van der Waals surface area contributed by atoms with Crippen LogP contribution in [0.15, 0.2) is 36.4 Å². The van der Waals surface area contributed by atoms with Crippen molar-refractivity contribution in [2.75, 3.05) is 12.4 Å². The van der Waals surface area contributed by atoms with Crippen LogP contribution in [-0.2, 0) is 11.2 Å². The van der Waals surface area contributed by atoms with Crippen molar-refractivity contribution >= 4 is 28.6 Å². The number of fused-ring (bicyclic) bond motifs is 1. The van der Waals surface area contributed by atoms with Gasteiger partial charge in [0.15, 0.2) is 0 Å². The van der Waals surface area contributed by atoms with Crippen LogP contribution in [0.4, 0.5) is 11.6 Å². The van der Waals surface area contributed by atoms with Crippen molar-refractivity contribution in [3.63, 3.8) is 0 Å². The van der Waals surface area contributed by atoms with E-state index in [-0.39, 0.29) is 11.8 Å². The second-order valence-corrected chi connectivity index (χ2v) is 11.3. The van der Waals surface area contributed by atoms with Gasteiger partial charge in [-0.2, -0.15) is 0 Å². The van der Waals surface area contributed by atoms with Gasteiger partial charge in [0.1, 0.15) is 5.75 Å². The summed E-state index contributed by atoms with van der Waals surface area (Å²) in [7, 11) is 1.65. The Balaban J connectivity index is 1.81. The number of aliphatic carboxylic acids is 1. The summed E-state index contributed by atoms with van der Waals surface area (Å²) < 4.78 is 8.05. The van der Waals surface area contributed by atoms with Gasteiger partial charge in [0.05, 0.1) is 18.1 Å². The predicted molar refractivity (Wildman–Crippen MR) is 142 cm³/mol. The predicted octanol–water partition coefficient (Wildman–Crippen LogP) is 7.32. The zero-order valence-electron chi connectivity index (χ0n) is 21.9. The third kappa shape index (κ3) is 5.63. The molecule has 3 aromatic rings. The number of methoxy groups -OCH3 is 1. The van der Waals surface area contributed by atoms with Crippen LogP contribution >= 0.6 is 0 Å². The molecule has 6 nitrogen and oxygen atoms in total. The highest BCUT2D eigenvalue weighted by atomic mass is 16.5. The molecule has 1 aromatic heterocycles. The first kappa shape index (κ1) is 25.1. The second kappa shape index (κ2) is 9.92. The number of nitrogens with one attached hydrogen (secondary N) is 1. The molecule has 2 N–H and O–H groups in total. The molecule has 1 saturated carbocycles. The number of aryl methyl sites for hydroxylation is 1. The van der Waals surface area contributed by atoms with Crippen molar-refractivity contribution in [3.8, 4) is 5.75 Å². The molecule has 0 unspecified atom stereocenters. The standard InChI is InChI=1S/C29H39N3O3/c1-18(2)20-7-10-22(11-8-20)30-28-31-24-14-21(9-12-27(33)34)26(35-6)15-25(24)32(28)23-13-19(3)16-29(4,5)17-23/h7-8,10-11,14-15,18-19,23H,9,12-13,16-17H2,1-6H3,(H,30,31)(H,33,34)/t19-,23+/m0/s1. The first-order chi connectivity index (χ1) is 16.6. The first-order valence-corrected chi connectivity index (χ1v) is 12.7. The summed E-state index contributed by atoms with van der Waals surface area (Å²) in [6.07, 6.45) is 3.86. The number of benzene rings is 2. The average molecular weight is 478 g/mol.